The number of hydrogen-bond donors (Lipinski definition) is 1. The van der Waals surface area contributed by atoms with Crippen LogP contribution in [0.15, 0.2) is 24.3 Å². The molecule has 3 heteroatoms. The molecule has 1 fully saturated rings. The third-order valence-electron chi connectivity index (χ3n) is 3.57. The Kier molecular flexibility index (Phi) is 2.60. The SMILES string of the molecule is O[C@H]1CC2(CCSCC2)Oc2ccccc21. The van der Waals surface area contributed by atoms with Gasteiger partial charge in [-0.1, -0.05) is 18.2 Å². The van der Waals surface area contributed by atoms with Crippen molar-refractivity contribution in [3.63, 3.8) is 0 Å². The van der Waals surface area contributed by atoms with Gasteiger partial charge in [0.1, 0.15) is 11.4 Å². The molecule has 0 radical (unpaired) electrons. The van der Waals surface area contributed by atoms with Crippen molar-refractivity contribution in [3.8, 4) is 5.75 Å². The predicted octanol–water partition coefficient (Wildman–Crippen LogP) is 2.77. The number of benzene rings is 1. The van der Waals surface area contributed by atoms with Crippen molar-refractivity contribution in [1.82, 2.24) is 0 Å². The van der Waals surface area contributed by atoms with Gasteiger partial charge in [0.05, 0.1) is 6.10 Å². The van der Waals surface area contributed by atoms with Crippen LogP contribution >= 0.6 is 11.8 Å². The fourth-order valence-corrected chi connectivity index (χ4v) is 3.87. The first-order valence-corrected chi connectivity index (χ1v) is 6.98. The van der Waals surface area contributed by atoms with Crippen molar-refractivity contribution >= 4 is 11.8 Å². The second-order valence-electron chi connectivity index (χ2n) is 4.66. The molecular weight excluding hydrogens is 220 g/mol. The molecule has 16 heavy (non-hydrogen) atoms. The van der Waals surface area contributed by atoms with E-state index in [4.69, 9.17) is 4.74 Å². The molecule has 1 aromatic carbocycles. The van der Waals surface area contributed by atoms with Crippen molar-refractivity contribution in [2.24, 2.45) is 0 Å². The smallest absolute Gasteiger partial charge is 0.125 e. The largest absolute Gasteiger partial charge is 0.487 e. The average Bonchev–Trinajstić information content (AvgIpc) is 2.30. The lowest BCUT2D eigenvalue weighted by Crippen LogP contribution is -2.44. The van der Waals surface area contributed by atoms with E-state index in [1.54, 1.807) is 0 Å². The highest BCUT2D eigenvalue weighted by Crippen LogP contribution is 2.45. The summed E-state index contributed by atoms with van der Waals surface area (Å²) in [6.45, 7) is 0. The number of hydrogen-bond acceptors (Lipinski definition) is 3. The summed E-state index contributed by atoms with van der Waals surface area (Å²) in [5.74, 6) is 3.18. The Bertz CT molecular complexity index is 385. The van der Waals surface area contributed by atoms with E-state index < -0.39 is 0 Å². The third-order valence-corrected chi connectivity index (χ3v) is 4.56. The van der Waals surface area contributed by atoms with Crippen LogP contribution in [0.3, 0.4) is 0 Å². The van der Waals surface area contributed by atoms with Crippen LogP contribution in [0.5, 0.6) is 5.75 Å². The lowest BCUT2D eigenvalue weighted by molar-refractivity contribution is -0.0197. The highest BCUT2D eigenvalue weighted by atomic mass is 32.2. The number of para-hydroxylation sites is 1. The van der Waals surface area contributed by atoms with E-state index in [0.29, 0.717) is 0 Å². The van der Waals surface area contributed by atoms with Crippen LogP contribution in [0.4, 0.5) is 0 Å². The molecule has 2 nitrogen and oxygen atoms in total. The van der Waals surface area contributed by atoms with E-state index >= 15 is 0 Å². The van der Waals surface area contributed by atoms with Gasteiger partial charge in [0.25, 0.3) is 0 Å². The van der Waals surface area contributed by atoms with Crippen LogP contribution in [0, 0.1) is 0 Å². The van der Waals surface area contributed by atoms with E-state index in [1.807, 2.05) is 36.0 Å². The van der Waals surface area contributed by atoms with Gasteiger partial charge in [0, 0.05) is 12.0 Å². The lowest BCUT2D eigenvalue weighted by Gasteiger charge is -2.43. The van der Waals surface area contributed by atoms with Gasteiger partial charge >= 0.3 is 0 Å². The highest BCUT2D eigenvalue weighted by molar-refractivity contribution is 7.99. The summed E-state index contributed by atoms with van der Waals surface area (Å²) in [6.07, 6.45) is 2.52. The molecule has 1 aromatic rings. The zero-order valence-electron chi connectivity index (χ0n) is 9.19. The van der Waals surface area contributed by atoms with Crippen LogP contribution in [0.25, 0.3) is 0 Å². The molecule has 2 aliphatic rings. The number of rotatable bonds is 0. The van der Waals surface area contributed by atoms with Crippen LogP contribution in [0.1, 0.15) is 30.9 Å². The summed E-state index contributed by atoms with van der Waals surface area (Å²) in [4.78, 5) is 0. The molecule has 2 aliphatic heterocycles. The minimum absolute atomic E-state index is 0.0982. The molecule has 0 bridgehead atoms. The van der Waals surface area contributed by atoms with Crippen molar-refractivity contribution in [2.45, 2.75) is 31.0 Å². The summed E-state index contributed by atoms with van der Waals surface area (Å²) in [5.41, 5.74) is 0.852. The van der Waals surface area contributed by atoms with E-state index in [0.717, 1.165) is 42.1 Å². The number of fused-ring (bicyclic) bond motifs is 1. The van der Waals surface area contributed by atoms with Gasteiger partial charge in [0.15, 0.2) is 0 Å². The average molecular weight is 236 g/mol. The van der Waals surface area contributed by atoms with Crippen LogP contribution < -0.4 is 4.74 Å². The zero-order valence-corrected chi connectivity index (χ0v) is 10.0. The second kappa shape index (κ2) is 3.97. The predicted molar refractivity (Wildman–Crippen MR) is 65.9 cm³/mol. The standard InChI is InChI=1S/C13H16O2S/c14-11-9-13(5-7-16-8-6-13)15-12-4-2-1-3-10(11)12/h1-4,11,14H,5-9H2/t11-/m0/s1. The monoisotopic (exact) mass is 236 g/mol. The Morgan fingerprint density at radius 2 is 2.00 bits per heavy atom. The molecule has 2 heterocycles. The molecule has 0 aliphatic carbocycles. The Morgan fingerprint density at radius 1 is 1.25 bits per heavy atom. The quantitative estimate of drug-likeness (QED) is 0.751. The third kappa shape index (κ3) is 1.72. The van der Waals surface area contributed by atoms with E-state index in [9.17, 15) is 5.11 Å². The van der Waals surface area contributed by atoms with Crippen molar-refractivity contribution in [3.05, 3.63) is 29.8 Å². The molecule has 0 amide bonds. The molecule has 1 spiro atoms. The maximum absolute atomic E-state index is 10.2. The van der Waals surface area contributed by atoms with Crippen molar-refractivity contribution in [2.75, 3.05) is 11.5 Å². The van der Waals surface area contributed by atoms with Gasteiger partial charge in [-0.25, -0.2) is 0 Å². The summed E-state index contributed by atoms with van der Waals surface area (Å²) in [7, 11) is 0. The maximum Gasteiger partial charge on any atom is 0.125 e. The Labute approximate surface area is 100 Å². The van der Waals surface area contributed by atoms with E-state index in [1.165, 1.54) is 0 Å². The van der Waals surface area contributed by atoms with Crippen molar-refractivity contribution < 1.29 is 9.84 Å². The van der Waals surface area contributed by atoms with Crippen LogP contribution in [0.2, 0.25) is 0 Å². The van der Waals surface area contributed by atoms with Crippen LogP contribution in [-0.4, -0.2) is 22.2 Å². The summed E-state index contributed by atoms with van der Waals surface area (Å²) >= 11 is 1.98. The zero-order chi connectivity index (χ0) is 11.0. The van der Waals surface area contributed by atoms with Gasteiger partial charge in [-0.15, -0.1) is 0 Å². The molecule has 86 valence electrons. The minimum atomic E-state index is -0.354. The lowest BCUT2D eigenvalue weighted by atomic mass is 9.84. The Balaban J connectivity index is 1.93. The molecule has 1 atom stereocenters. The molecule has 1 N–H and O–H groups in total. The highest BCUT2D eigenvalue weighted by Gasteiger charge is 2.41. The first-order valence-electron chi connectivity index (χ1n) is 5.83. The number of aliphatic hydroxyl groups is 1. The molecule has 0 aromatic heterocycles. The number of aliphatic hydroxyl groups excluding tert-OH is 1. The fraction of sp³-hybridized carbons (Fsp3) is 0.538. The maximum atomic E-state index is 10.2. The molecule has 0 unspecified atom stereocenters. The van der Waals surface area contributed by atoms with Crippen LogP contribution in [-0.2, 0) is 0 Å². The van der Waals surface area contributed by atoms with E-state index in [-0.39, 0.29) is 11.7 Å². The van der Waals surface area contributed by atoms with Gasteiger partial charge < -0.3 is 9.84 Å². The summed E-state index contributed by atoms with van der Waals surface area (Å²) in [5, 5.41) is 10.2. The topological polar surface area (TPSA) is 29.5 Å². The van der Waals surface area contributed by atoms with Gasteiger partial charge in [-0.3, -0.25) is 0 Å². The molecule has 0 saturated carbocycles. The fourth-order valence-electron chi connectivity index (χ4n) is 2.64. The summed E-state index contributed by atoms with van der Waals surface area (Å²) in [6, 6.07) is 7.87. The number of thioether (sulfide) groups is 1. The first-order chi connectivity index (χ1) is 7.79. The minimum Gasteiger partial charge on any atom is -0.487 e. The van der Waals surface area contributed by atoms with Gasteiger partial charge in [-0.2, -0.15) is 11.8 Å². The normalized spacial score (nSPS) is 27.2. The molecule has 3 rings (SSSR count). The summed E-state index contributed by atoms with van der Waals surface area (Å²) < 4.78 is 6.16. The van der Waals surface area contributed by atoms with E-state index in [2.05, 4.69) is 0 Å². The van der Waals surface area contributed by atoms with Gasteiger partial charge in [-0.05, 0) is 30.4 Å². The van der Waals surface area contributed by atoms with Crippen molar-refractivity contribution in [1.29, 1.82) is 0 Å². The Hall–Kier alpha value is -0.670. The molecular formula is C13H16O2S. The number of ether oxygens (including phenoxy) is 1. The van der Waals surface area contributed by atoms with Gasteiger partial charge in [0.2, 0.25) is 0 Å². The Morgan fingerprint density at radius 3 is 2.81 bits per heavy atom. The second-order valence-corrected chi connectivity index (χ2v) is 5.88. The molecule has 1 saturated heterocycles. The first kappa shape index (κ1) is 10.5.